The van der Waals surface area contributed by atoms with E-state index in [4.69, 9.17) is 0 Å². The second-order valence-electron chi connectivity index (χ2n) is 3.68. The molecule has 18 heavy (non-hydrogen) atoms. The van der Waals surface area contributed by atoms with E-state index in [1.807, 2.05) is 6.92 Å². The summed E-state index contributed by atoms with van der Waals surface area (Å²) in [5.74, 6) is 0.239. The van der Waals surface area contributed by atoms with Gasteiger partial charge in [-0.2, -0.15) is 0 Å². The van der Waals surface area contributed by atoms with Crippen LogP contribution in [0.3, 0.4) is 0 Å². The second kappa shape index (κ2) is 5.82. The molecule has 1 heterocycles. The minimum absolute atomic E-state index is 0.0879. The average Bonchev–Trinajstić information content (AvgIpc) is 2.86. The predicted molar refractivity (Wildman–Crippen MR) is 69.4 cm³/mol. The molecule has 0 saturated carbocycles. The van der Waals surface area contributed by atoms with Gasteiger partial charge in [0, 0.05) is 23.8 Å². The average molecular weight is 264 g/mol. The smallest absolute Gasteiger partial charge is 0.208 e. The molecule has 5 heteroatoms. The van der Waals surface area contributed by atoms with Crippen LogP contribution in [-0.2, 0) is 6.54 Å². The molecule has 1 aromatic heterocycles. The van der Waals surface area contributed by atoms with Crippen LogP contribution in [-0.4, -0.2) is 21.1 Å². The first-order valence-corrected chi connectivity index (χ1v) is 6.62. The summed E-state index contributed by atoms with van der Waals surface area (Å²) in [5, 5.41) is 0. The van der Waals surface area contributed by atoms with Crippen LogP contribution in [0.5, 0.6) is 0 Å². The van der Waals surface area contributed by atoms with Gasteiger partial charge in [-0.15, -0.1) is 11.8 Å². The Bertz CT molecular complexity index is 553. The minimum atomic E-state index is -0.297. The van der Waals surface area contributed by atoms with Gasteiger partial charge in [0.2, 0.25) is 5.78 Å². The molecule has 0 unspecified atom stereocenters. The highest BCUT2D eigenvalue weighted by molar-refractivity contribution is 8.00. The number of carbonyl (C=O) groups excluding carboxylic acids is 1. The third kappa shape index (κ3) is 2.79. The lowest BCUT2D eigenvalue weighted by Crippen LogP contribution is -2.11. The van der Waals surface area contributed by atoms with Crippen molar-refractivity contribution in [1.82, 2.24) is 9.55 Å². The number of imidazole rings is 1. The van der Waals surface area contributed by atoms with E-state index in [2.05, 4.69) is 4.98 Å². The van der Waals surface area contributed by atoms with Gasteiger partial charge in [0.05, 0.1) is 5.75 Å². The summed E-state index contributed by atoms with van der Waals surface area (Å²) in [7, 11) is 0. The summed E-state index contributed by atoms with van der Waals surface area (Å²) in [5.41, 5.74) is 0. The SMILES string of the molecule is CCn1ccnc1C(=O)CSc1ccccc1F. The molecule has 2 rings (SSSR count). The number of nitrogens with zero attached hydrogens (tertiary/aromatic N) is 2. The zero-order chi connectivity index (χ0) is 13.0. The number of hydrogen-bond donors (Lipinski definition) is 0. The van der Waals surface area contributed by atoms with Crippen LogP contribution >= 0.6 is 11.8 Å². The van der Waals surface area contributed by atoms with Crippen molar-refractivity contribution in [2.45, 2.75) is 18.4 Å². The van der Waals surface area contributed by atoms with Crippen LogP contribution in [0.4, 0.5) is 4.39 Å². The van der Waals surface area contributed by atoms with Crippen molar-refractivity contribution in [2.24, 2.45) is 0 Å². The molecule has 0 aliphatic rings. The topological polar surface area (TPSA) is 34.9 Å². The Kier molecular flexibility index (Phi) is 4.15. The van der Waals surface area contributed by atoms with Crippen LogP contribution in [0.2, 0.25) is 0 Å². The second-order valence-corrected chi connectivity index (χ2v) is 4.70. The number of rotatable bonds is 5. The van der Waals surface area contributed by atoms with Crippen LogP contribution in [0.1, 0.15) is 17.5 Å². The van der Waals surface area contributed by atoms with E-state index >= 15 is 0 Å². The van der Waals surface area contributed by atoms with Crippen molar-refractivity contribution in [1.29, 1.82) is 0 Å². The third-order valence-corrected chi connectivity index (χ3v) is 3.55. The fraction of sp³-hybridized carbons (Fsp3) is 0.231. The molecule has 3 nitrogen and oxygen atoms in total. The molecule has 0 bridgehead atoms. The molecule has 0 atom stereocenters. The summed E-state index contributed by atoms with van der Waals surface area (Å²) in [6, 6.07) is 6.44. The van der Waals surface area contributed by atoms with Crippen molar-refractivity contribution in [2.75, 3.05) is 5.75 Å². The number of aryl methyl sites for hydroxylation is 1. The molecular formula is C13H13FN2OS. The normalized spacial score (nSPS) is 10.6. The zero-order valence-electron chi connectivity index (χ0n) is 9.97. The molecule has 94 valence electrons. The van der Waals surface area contributed by atoms with Crippen molar-refractivity contribution in [3.05, 3.63) is 48.3 Å². The lowest BCUT2D eigenvalue weighted by atomic mass is 10.3. The Balaban J connectivity index is 2.03. The van der Waals surface area contributed by atoms with Gasteiger partial charge in [-0.25, -0.2) is 9.37 Å². The van der Waals surface area contributed by atoms with E-state index in [-0.39, 0.29) is 17.4 Å². The molecule has 0 saturated heterocycles. The lowest BCUT2D eigenvalue weighted by Gasteiger charge is -2.04. The maximum Gasteiger partial charge on any atom is 0.208 e. The molecule has 2 aromatic rings. The quantitative estimate of drug-likeness (QED) is 0.615. The fourth-order valence-corrected chi connectivity index (χ4v) is 2.38. The van der Waals surface area contributed by atoms with Gasteiger partial charge in [0.25, 0.3) is 0 Å². The predicted octanol–water partition coefficient (Wildman–Crippen LogP) is 3.02. The number of ketones is 1. The molecule has 0 aliphatic heterocycles. The van der Waals surface area contributed by atoms with Crippen LogP contribution in [0, 0.1) is 5.82 Å². The minimum Gasteiger partial charge on any atom is -0.329 e. The first-order valence-electron chi connectivity index (χ1n) is 5.64. The van der Waals surface area contributed by atoms with Crippen LogP contribution in [0.25, 0.3) is 0 Å². The number of Topliss-reactive ketones (excluding diaryl/α,β-unsaturated/α-hetero) is 1. The summed E-state index contributed by atoms with van der Waals surface area (Å²) in [4.78, 5) is 16.5. The van der Waals surface area contributed by atoms with Gasteiger partial charge in [0.1, 0.15) is 5.82 Å². The lowest BCUT2D eigenvalue weighted by molar-refractivity contribution is 0.100. The molecule has 0 N–H and O–H groups in total. The zero-order valence-corrected chi connectivity index (χ0v) is 10.8. The molecule has 0 fully saturated rings. The van der Waals surface area contributed by atoms with Crippen LogP contribution < -0.4 is 0 Å². The highest BCUT2D eigenvalue weighted by Crippen LogP contribution is 2.21. The number of aromatic nitrogens is 2. The van der Waals surface area contributed by atoms with Crippen molar-refractivity contribution >= 4 is 17.5 Å². The number of thioether (sulfide) groups is 1. The highest BCUT2D eigenvalue weighted by atomic mass is 32.2. The van der Waals surface area contributed by atoms with Gasteiger partial charge < -0.3 is 4.57 Å². The highest BCUT2D eigenvalue weighted by Gasteiger charge is 2.13. The molecule has 0 radical (unpaired) electrons. The Morgan fingerprint density at radius 2 is 2.22 bits per heavy atom. The molecule has 1 aromatic carbocycles. The van der Waals surface area contributed by atoms with Gasteiger partial charge in [-0.1, -0.05) is 12.1 Å². The fourth-order valence-electron chi connectivity index (χ4n) is 1.59. The van der Waals surface area contributed by atoms with Gasteiger partial charge in [-0.05, 0) is 19.1 Å². The molecule has 0 amide bonds. The summed E-state index contributed by atoms with van der Waals surface area (Å²) >= 11 is 1.19. The van der Waals surface area contributed by atoms with Gasteiger partial charge >= 0.3 is 0 Å². The van der Waals surface area contributed by atoms with E-state index in [9.17, 15) is 9.18 Å². The van der Waals surface area contributed by atoms with Gasteiger partial charge in [0.15, 0.2) is 5.82 Å². The van der Waals surface area contributed by atoms with Crippen LogP contribution in [0.15, 0.2) is 41.6 Å². The van der Waals surface area contributed by atoms with E-state index in [1.54, 1.807) is 35.2 Å². The summed E-state index contributed by atoms with van der Waals surface area (Å²) in [6.07, 6.45) is 3.37. The van der Waals surface area contributed by atoms with Crippen molar-refractivity contribution < 1.29 is 9.18 Å². The standard InChI is InChI=1S/C13H13FN2OS/c1-2-16-8-7-15-13(16)11(17)9-18-12-6-4-3-5-10(12)14/h3-8H,2,9H2,1H3. The van der Waals surface area contributed by atoms with E-state index in [0.717, 1.165) is 0 Å². The summed E-state index contributed by atoms with van der Waals surface area (Å²) < 4.78 is 15.2. The monoisotopic (exact) mass is 264 g/mol. The van der Waals surface area contributed by atoms with E-state index in [1.165, 1.54) is 17.8 Å². The Labute approximate surface area is 109 Å². The largest absolute Gasteiger partial charge is 0.329 e. The Hall–Kier alpha value is -1.62. The maximum absolute atomic E-state index is 13.4. The number of benzene rings is 1. The summed E-state index contributed by atoms with van der Waals surface area (Å²) in [6.45, 7) is 2.65. The number of halogens is 1. The first kappa shape index (κ1) is 12.8. The maximum atomic E-state index is 13.4. The molecule has 0 aliphatic carbocycles. The first-order chi connectivity index (χ1) is 8.72. The van der Waals surface area contributed by atoms with E-state index in [0.29, 0.717) is 17.3 Å². The van der Waals surface area contributed by atoms with Gasteiger partial charge in [-0.3, -0.25) is 4.79 Å². The van der Waals surface area contributed by atoms with Crippen molar-refractivity contribution in [3.8, 4) is 0 Å². The Morgan fingerprint density at radius 1 is 1.44 bits per heavy atom. The molecular weight excluding hydrogens is 251 g/mol. The van der Waals surface area contributed by atoms with Crippen molar-refractivity contribution in [3.63, 3.8) is 0 Å². The number of hydrogen-bond acceptors (Lipinski definition) is 3. The van der Waals surface area contributed by atoms with E-state index < -0.39 is 0 Å². The molecule has 0 spiro atoms. The number of carbonyl (C=O) groups is 1. The Morgan fingerprint density at radius 3 is 2.94 bits per heavy atom. The third-order valence-electron chi connectivity index (χ3n) is 2.50.